The molecule has 0 radical (unpaired) electrons. The molecule has 0 aromatic carbocycles. The second kappa shape index (κ2) is 7.07. The first kappa shape index (κ1) is 18.1. The second-order valence-electron chi connectivity index (χ2n) is 3.69. The zero-order valence-corrected chi connectivity index (χ0v) is 14.5. The third-order valence-corrected chi connectivity index (χ3v) is 4.08. The third kappa shape index (κ3) is 5.86. The molecule has 1 rings (SSSR count). The van der Waals surface area contributed by atoms with Gasteiger partial charge in [0, 0.05) is 11.5 Å². The molecule has 0 bridgehead atoms. The minimum atomic E-state index is -3.11. The number of hydrogen-bond acceptors (Lipinski definition) is 3. The standard InChI is InChI=1S/C8H16O2S.4ClH.Ti/c1-3-7(9)5-11-6-8(7,10)4-2;;;;;/h9-10H,3-6H2,1-2H3;4*1H;/q;;;;;+4/p-4/t7-,8+;;;;;. The van der Waals surface area contributed by atoms with Crippen LogP contribution in [0.4, 0.5) is 0 Å². The fraction of sp³-hybridized carbons (Fsp3) is 1.00. The van der Waals surface area contributed by atoms with Crippen molar-refractivity contribution in [1.29, 1.82) is 0 Å². The average molecular weight is 366 g/mol. The molecule has 2 N–H and O–H groups in total. The molecule has 1 aliphatic rings. The van der Waals surface area contributed by atoms with Gasteiger partial charge in [-0.25, -0.2) is 0 Å². The molecule has 0 aromatic heterocycles. The summed E-state index contributed by atoms with van der Waals surface area (Å²) in [7, 11) is 20.1. The number of hydrogen-bond donors (Lipinski definition) is 2. The summed E-state index contributed by atoms with van der Waals surface area (Å²) in [5, 5.41) is 19.9. The Morgan fingerprint density at radius 1 is 1.00 bits per heavy atom. The Bertz CT molecular complexity index is 207. The molecule has 16 heavy (non-hydrogen) atoms. The van der Waals surface area contributed by atoms with Crippen LogP contribution in [-0.4, -0.2) is 32.9 Å². The van der Waals surface area contributed by atoms with Gasteiger partial charge in [0.1, 0.15) is 11.2 Å². The maximum atomic E-state index is 9.95. The molecule has 0 unspecified atom stereocenters. The molecule has 0 saturated carbocycles. The van der Waals surface area contributed by atoms with Gasteiger partial charge in [0.15, 0.2) is 0 Å². The van der Waals surface area contributed by atoms with Crippen molar-refractivity contribution in [1.82, 2.24) is 0 Å². The summed E-state index contributed by atoms with van der Waals surface area (Å²) in [5.74, 6) is 1.35. The molecule has 0 aliphatic carbocycles. The first-order valence-corrected chi connectivity index (χ1v) is 14.6. The molecular formula is C8H16Cl4O2STi. The molecule has 8 heteroatoms. The van der Waals surface area contributed by atoms with Crippen molar-refractivity contribution in [3.63, 3.8) is 0 Å². The van der Waals surface area contributed by atoms with Crippen molar-refractivity contribution in [3.05, 3.63) is 0 Å². The van der Waals surface area contributed by atoms with Gasteiger partial charge >= 0.3 is 49.6 Å². The quantitative estimate of drug-likeness (QED) is 0.732. The van der Waals surface area contributed by atoms with Crippen molar-refractivity contribution in [3.8, 4) is 0 Å². The van der Waals surface area contributed by atoms with Gasteiger partial charge in [-0.15, -0.1) is 0 Å². The molecule has 2 nitrogen and oxygen atoms in total. The summed E-state index contributed by atoms with van der Waals surface area (Å²) >= 11 is -1.47. The number of rotatable bonds is 2. The summed E-state index contributed by atoms with van der Waals surface area (Å²) in [6.45, 7) is 3.85. The van der Waals surface area contributed by atoms with Gasteiger partial charge in [-0.2, -0.15) is 11.8 Å². The second-order valence-corrected chi connectivity index (χ2v) is 20.2. The molecule has 98 valence electrons. The van der Waals surface area contributed by atoms with Crippen LogP contribution in [0.25, 0.3) is 0 Å². The van der Waals surface area contributed by atoms with Gasteiger partial charge in [-0.1, -0.05) is 13.8 Å². The van der Waals surface area contributed by atoms with Crippen LogP contribution in [0.2, 0.25) is 0 Å². The molecule has 0 aromatic rings. The Balaban J connectivity index is 0.000000385. The minimum absolute atomic E-state index is 0.643. The average Bonchev–Trinajstić information content (AvgIpc) is 2.42. The van der Waals surface area contributed by atoms with Gasteiger partial charge in [-0.3, -0.25) is 0 Å². The van der Waals surface area contributed by atoms with E-state index in [1.807, 2.05) is 13.8 Å². The van der Waals surface area contributed by atoms with E-state index in [9.17, 15) is 10.2 Å². The van der Waals surface area contributed by atoms with Crippen LogP contribution in [0.1, 0.15) is 26.7 Å². The van der Waals surface area contributed by atoms with Crippen LogP contribution in [-0.2, 0) is 12.3 Å². The predicted molar refractivity (Wildman–Crippen MR) is 71.2 cm³/mol. The monoisotopic (exact) mass is 364 g/mol. The van der Waals surface area contributed by atoms with Crippen LogP contribution in [0.3, 0.4) is 0 Å². The molecule has 1 heterocycles. The van der Waals surface area contributed by atoms with E-state index in [0.29, 0.717) is 24.3 Å². The van der Waals surface area contributed by atoms with Crippen LogP contribution < -0.4 is 0 Å². The fourth-order valence-corrected chi connectivity index (χ4v) is 3.24. The third-order valence-electron chi connectivity index (χ3n) is 2.72. The Hall–Kier alpha value is 2.14. The first-order chi connectivity index (χ1) is 7.08. The summed E-state index contributed by atoms with van der Waals surface area (Å²) < 4.78 is 0. The Morgan fingerprint density at radius 2 is 1.25 bits per heavy atom. The number of aliphatic hydroxyl groups is 2. The van der Waals surface area contributed by atoms with Gasteiger partial charge < -0.3 is 10.2 Å². The van der Waals surface area contributed by atoms with Crippen LogP contribution in [0, 0.1) is 0 Å². The Labute approximate surface area is 120 Å². The maximum absolute atomic E-state index is 9.95. The van der Waals surface area contributed by atoms with E-state index in [4.69, 9.17) is 37.2 Å². The Kier molecular flexibility index (Phi) is 8.01. The predicted octanol–water partition coefficient (Wildman–Crippen LogP) is 3.77. The summed E-state index contributed by atoms with van der Waals surface area (Å²) in [6, 6.07) is 0. The SMILES string of the molecule is CC[C@@]1(O)CSC[C@@]1(O)CC.[Cl][Ti]([Cl])([Cl])[Cl]. The molecule has 0 amide bonds. The zero-order valence-electron chi connectivity index (χ0n) is 9.14. The Morgan fingerprint density at radius 3 is 1.44 bits per heavy atom. The first-order valence-electron chi connectivity index (χ1n) is 4.86. The molecule has 2 atom stereocenters. The van der Waals surface area contributed by atoms with Crippen LogP contribution in [0.15, 0.2) is 0 Å². The topological polar surface area (TPSA) is 40.5 Å². The summed E-state index contributed by atoms with van der Waals surface area (Å²) in [5.41, 5.74) is -1.68. The molecular weight excluding hydrogens is 350 g/mol. The molecule has 1 aliphatic heterocycles. The van der Waals surface area contributed by atoms with Gasteiger partial charge in [0.2, 0.25) is 0 Å². The fourth-order valence-electron chi connectivity index (χ4n) is 1.52. The number of thioether (sulfide) groups is 1. The van der Waals surface area contributed by atoms with E-state index in [-0.39, 0.29) is 0 Å². The van der Waals surface area contributed by atoms with Crippen molar-refractivity contribution in [2.24, 2.45) is 0 Å². The normalized spacial score (nSPS) is 34.5. The van der Waals surface area contributed by atoms with Crippen molar-refractivity contribution in [2.45, 2.75) is 37.9 Å². The van der Waals surface area contributed by atoms with Crippen LogP contribution in [0.5, 0.6) is 0 Å². The van der Waals surface area contributed by atoms with Crippen molar-refractivity contribution < 1.29 is 22.6 Å². The number of halogens is 4. The van der Waals surface area contributed by atoms with Crippen LogP contribution >= 0.6 is 49.0 Å². The van der Waals surface area contributed by atoms with E-state index in [0.717, 1.165) is 0 Å². The van der Waals surface area contributed by atoms with E-state index in [2.05, 4.69) is 0 Å². The van der Waals surface area contributed by atoms with Gasteiger partial charge in [-0.05, 0) is 12.8 Å². The molecule has 0 spiro atoms. The molecule has 1 saturated heterocycles. The summed E-state index contributed by atoms with van der Waals surface area (Å²) in [6.07, 6.45) is 1.29. The molecule has 1 fully saturated rings. The van der Waals surface area contributed by atoms with E-state index in [1.54, 1.807) is 11.8 Å². The van der Waals surface area contributed by atoms with E-state index >= 15 is 0 Å². The zero-order chi connectivity index (χ0) is 13.0. The van der Waals surface area contributed by atoms with Crippen molar-refractivity contribution in [2.75, 3.05) is 11.5 Å². The van der Waals surface area contributed by atoms with E-state index < -0.39 is 23.5 Å². The van der Waals surface area contributed by atoms with Gasteiger partial charge in [0.25, 0.3) is 0 Å². The van der Waals surface area contributed by atoms with Gasteiger partial charge in [0.05, 0.1) is 0 Å². The van der Waals surface area contributed by atoms with Crippen molar-refractivity contribution >= 4 is 49.0 Å². The van der Waals surface area contributed by atoms with E-state index in [1.165, 1.54) is 0 Å². The summed E-state index contributed by atoms with van der Waals surface area (Å²) in [4.78, 5) is 0.